The van der Waals surface area contributed by atoms with Crippen molar-refractivity contribution in [1.82, 2.24) is 15.6 Å². The highest BCUT2D eigenvalue weighted by molar-refractivity contribution is 7.92. The molecule has 3 rings (SSSR count). The molecule has 0 radical (unpaired) electrons. The first-order chi connectivity index (χ1) is 21.2. The van der Waals surface area contributed by atoms with Crippen molar-refractivity contribution in [2.24, 2.45) is 17.8 Å². The quantitative estimate of drug-likeness (QED) is 0.207. The first-order valence-electron chi connectivity index (χ1n) is 16.3. The fourth-order valence-electron chi connectivity index (χ4n) is 5.93. The van der Waals surface area contributed by atoms with Gasteiger partial charge in [-0.25, -0.2) is 13.4 Å². The summed E-state index contributed by atoms with van der Waals surface area (Å²) in [4.78, 5) is 32.2. The second kappa shape index (κ2) is 17.0. The lowest BCUT2D eigenvalue weighted by Gasteiger charge is -2.34. The molecule has 4 N–H and O–H groups in total. The van der Waals surface area contributed by atoms with E-state index in [1.54, 1.807) is 31.7 Å². The molecule has 9 nitrogen and oxygen atoms in total. The largest absolute Gasteiger partial charge is 0.390 e. The van der Waals surface area contributed by atoms with E-state index < -0.39 is 56.6 Å². The number of nitrogens with zero attached hydrogens (tertiary/aromatic N) is 1. The van der Waals surface area contributed by atoms with Gasteiger partial charge in [-0.15, -0.1) is 11.3 Å². The van der Waals surface area contributed by atoms with Gasteiger partial charge in [-0.3, -0.25) is 9.59 Å². The Kier molecular flexibility index (Phi) is 14.0. The molecule has 0 unspecified atom stereocenters. The van der Waals surface area contributed by atoms with Crippen molar-refractivity contribution >= 4 is 33.0 Å². The van der Waals surface area contributed by atoms with Crippen LogP contribution in [-0.4, -0.2) is 70.2 Å². The van der Waals surface area contributed by atoms with Crippen LogP contribution >= 0.6 is 11.3 Å². The average molecular weight is 664 g/mol. The molecule has 1 fully saturated rings. The molecule has 1 aromatic carbocycles. The molecule has 0 spiro atoms. The lowest BCUT2D eigenvalue weighted by atomic mass is 9.82. The molecule has 5 atom stereocenters. The van der Waals surface area contributed by atoms with Gasteiger partial charge < -0.3 is 20.8 Å². The van der Waals surface area contributed by atoms with Crippen molar-refractivity contribution in [3.05, 3.63) is 52.5 Å². The molecule has 11 heteroatoms. The first-order valence-corrected chi connectivity index (χ1v) is 18.9. The predicted molar refractivity (Wildman–Crippen MR) is 180 cm³/mol. The van der Waals surface area contributed by atoms with Crippen LogP contribution in [0.5, 0.6) is 0 Å². The van der Waals surface area contributed by atoms with E-state index in [1.165, 1.54) is 17.8 Å². The zero-order valence-electron chi connectivity index (χ0n) is 27.4. The van der Waals surface area contributed by atoms with Crippen LogP contribution < -0.4 is 10.6 Å². The van der Waals surface area contributed by atoms with E-state index in [2.05, 4.69) is 15.6 Å². The van der Waals surface area contributed by atoms with Crippen molar-refractivity contribution in [2.75, 3.05) is 5.75 Å². The van der Waals surface area contributed by atoms with E-state index in [4.69, 9.17) is 0 Å². The zero-order chi connectivity index (χ0) is 33.2. The van der Waals surface area contributed by atoms with Crippen LogP contribution in [0.25, 0.3) is 0 Å². The number of rotatable bonds is 16. The fourth-order valence-corrected chi connectivity index (χ4v) is 7.80. The highest BCUT2D eigenvalue weighted by atomic mass is 32.2. The van der Waals surface area contributed by atoms with E-state index in [0.717, 1.165) is 31.2 Å². The normalized spacial score (nSPS) is 18.1. The number of aliphatic hydroxyl groups excluding tert-OH is 2. The highest BCUT2D eigenvalue weighted by Gasteiger charge is 2.37. The lowest BCUT2D eigenvalue weighted by Crippen LogP contribution is -2.57. The Morgan fingerprint density at radius 1 is 1.00 bits per heavy atom. The molecule has 1 aliphatic carbocycles. The number of carbonyl (C=O) groups excluding carboxylic acids is 2. The topological polar surface area (TPSA) is 146 Å². The molecular weight excluding hydrogens is 611 g/mol. The van der Waals surface area contributed by atoms with Crippen LogP contribution in [-0.2, 0) is 32.3 Å². The van der Waals surface area contributed by atoms with Crippen LogP contribution in [0.15, 0.2) is 41.2 Å². The molecule has 0 bridgehead atoms. The Balaban J connectivity index is 1.87. The standard InChI is InChI=1S/C34H53N3O6S2/c1-23(2)16-30(38)31(39)28(18-25-14-10-7-11-15-25)36-33(41)29(19-27-20-44-22-35-27)37-32(40)26(17-24-12-8-6-9-13-24)21-45(42,43)34(3,4)5/h6,8-9,12-13,20,22-23,25-26,28-31,38-39H,7,10-11,14-19,21H2,1-5H3,(H,36,41)(H,37,40)/t26-,28+,29+,30+,31-/m1/s1. The van der Waals surface area contributed by atoms with Gasteiger partial charge in [0.25, 0.3) is 0 Å². The minimum atomic E-state index is -3.67. The summed E-state index contributed by atoms with van der Waals surface area (Å²) in [5, 5.41) is 29.8. The highest BCUT2D eigenvalue weighted by Crippen LogP contribution is 2.29. The van der Waals surface area contributed by atoms with Crippen LogP contribution in [0.3, 0.4) is 0 Å². The summed E-state index contributed by atoms with van der Waals surface area (Å²) in [6, 6.07) is 7.48. The third kappa shape index (κ3) is 11.8. The second-order valence-electron chi connectivity index (χ2n) is 14.1. The van der Waals surface area contributed by atoms with Crippen molar-refractivity contribution in [2.45, 2.75) is 121 Å². The van der Waals surface area contributed by atoms with Gasteiger partial charge in [-0.1, -0.05) is 76.3 Å². The Labute approximate surface area is 273 Å². The monoisotopic (exact) mass is 663 g/mol. The van der Waals surface area contributed by atoms with E-state index in [9.17, 15) is 28.2 Å². The molecule has 1 saturated carbocycles. The molecule has 45 heavy (non-hydrogen) atoms. The van der Waals surface area contributed by atoms with Crippen LogP contribution in [0.2, 0.25) is 0 Å². The molecule has 1 aliphatic rings. The Morgan fingerprint density at radius 2 is 1.67 bits per heavy atom. The molecule has 2 amide bonds. The molecule has 2 aromatic rings. The third-order valence-electron chi connectivity index (χ3n) is 8.74. The van der Waals surface area contributed by atoms with Gasteiger partial charge in [0.05, 0.1) is 39.8 Å². The number of hydrogen-bond donors (Lipinski definition) is 4. The number of nitrogens with one attached hydrogen (secondary N) is 2. The van der Waals surface area contributed by atoms with E-state index in [1.807, 2.05) is 44.2 Å². The number of sulfone groups is 1. The zero-order valence-corrected chi connectivity index (χ0v) is 29.1. The van der Waals surface area contributed by atoms with Gasteiger partial charge in [-0.05, 0) is 57.4 Å². The smallest absolute Gasteiger partial charge is 0.243 e. The minimum absolute atomic E-state index is 0.103. The SMILES string of the molecule is CC(C)C[C@H](O)[C@H](O)[C@H](CC1CCCCC1)NC(=O)[C@H](Cc1cscn1)NC(=O)[C@H](Cc1ccccc1)CS(=O)(=O)C(C)(C)C. The van der Waals surface area contributed by atoms with Gasteiger partial charge in [0.2, 0.25) is 11.8 Å². The van der Waals surface area contributed by atoms with Crippen molar-refractivity contribution in [1.29, 1.82) is 0 Å². The number of aromatic nitrogens is 1. The van der Waals surface area contributed by atoms with Crippen molar-refractivity contribution in [3.63, 3.8) is 0 Å². The van der Waals surface area contributed by atoms with Gasteiger partial charge in [0.15, 0.2) is 9.84 Å². The van der Waals surface area contributed by atoms with Gasteiger partial charge in [-0.2, -0.15) is 0 Å². The molecule has 252 valence electrons. The third-order valence-corrected chi connectivity index (χ3v) is 12.1. The van der Waals surface area contributed by atoms with E-state index >= 15 is 0 Å². The molecule has 0 aliphatic heterocycles. The number of hydrogen-bond acceptors (Lipinski definition) is 8. The summed E-state index contributed by atoms with van der Waals surface area (Å²) in [5.74, 6) is -1.86. The number of amides is 2. The summed E-state index contributed by atoms with van der Waals surface area (Å²) in [5.41, 5.74) is 3.08. The summed E-state index contributed by atoms with van der Waals surface area (Å²) >= 11 is 1.37. The maximum absolute atomic E-state index is 14.0. The number of thiazole rings is 1. The van der Waals surface area contributed by atoms with Crippen LogP contribution in [0.1, 0.15) is 90.8 Å². The summed E-state index contributed by atoms with van der Waals surface area (Å²) in [7, 11) is -3.67. The fraction of sp³-hybridized carbons (Fsp3) is 0.676. The van der Waals surface area contributed by atoms with Crippen molar-refractivity contribution in [3.8, 4) is 0 Å². The van der Waals surface area contributed by atoms with E-state index in [-0.39, 0.29) is 24.5 Å². The second-order valence-corrected chi connectivity index (χ2v) is 17.6. The lowest BCUT2D eigenvalue weighted by molar-refractivity contribution is -0.132. The molecule has 1 aromatic heterocycles. The summed E-state index contributed by atoms with van der Waals surface area (Å²) in [6.45, 7) is 8.78. The number of aliphatic hydroxyl groups is 2. The summed E-state index contributed by atoms with van der Waals surface area (Å²) < 4.78 is 25.5. The van der Waals surface area contributed by atoms with Gasteiger partial charge >= 0.3 is 0 Å². The van der Waals surface area contributed by atoms with Crippen LogP contribution in [0.4, 0.5) is 0 Å². The Morgan fingerprint density at radius 3 is 2.24 bits per heavy atom. The predicted octanol–water partition coefficient (Wildman–Crippen LogP) is 4.47. The van der Waals surface area contributed by atoms with Crippen molar-refractivity contribution < 1.29 is 28.2 Å². The average Bonchev–Trinajstić information content (AvgIpc) is 3.49. The maximum atomic E-state index is 14.0. The van der Waals surface area contributed by atoms with Crippen LogP contribution in [0, 0.1) is 17.8 Å². The van der Waals surface area contributed by atoms with Gasteiger partial charge in [0, 0.05) is 11.8 Å². The first kappa shape index (κ1) is 37.1. The Bertz CT molecular complexity index is 1290. The van der Waals surface area contributed by atoms with Gasteiger partial charge in [0.1, 0.15) is 12.1 Å². The number of carbonyl (C=O) groups is 2. The summed E-state index contributed by atoms with van der Waals surface area (Å²) in [6.07, 6.45) is 4.40. The molecular formula is C34H53N3O6S2. The minimum Gasteiger partial charge on any atom is -0.390 e. The maximum Gasteiger partial charge on any atom is 0.243 e. The molecule has 0 saturated heterocycles. The Hall–Kier alpha value is -2.34. The molecule has 1 heterocycles. The van der Waals surface area contributed by atoms with E-state index in [0.29, 0.717) is 24.5 Å². The number of benzene rings is 1.